The highest BCUT2D eigenvalue weighted by Crippen LogP contribution is 2.21. The smallest absolute Gasteiger partial charge is 0.249 e. The van der Waals surface area contributed by atoms with Crippen molar-refractivity contribution in [2.45, 2.75) is 19.8 Å². The highest BCUT2D eigenvalue weighted by Gasteiger charge is 2.28. The monoisotopic (exact) mass is 159 g/mol. The second-order valence-corrected chi connectivity index (χ2v) is 2.09. The normalized spacial score (nSPS) is 14.3. The summed E-state index contributed by atoms with van der Waals surface area (Å²) in [4.78, 5) is 0. The van der Waals surface area contributed by atoms with Crippen LogP contribution in [0.1, 0.15) is 13.8 Å². The Morgan fingerprint density at radius 2 is 1.89 bits per heavy atom. The van der Waals surface area contributed by atoms with Crippen molar-refractivity contribution in [2.75, 3.05) is 6.54 Å². The SMILES string of the molecule is CC(CN)C(C)(F)F.Cl. The summed E-state index contributed by atoms with van der Waals surface area (Å²) in [6.45, 7) is 2.36. The summed E-state index contributed by atoms with van der Waals surface area (Å²) in [5.41, 5.74) is 4.98. The van der Waals surface area contributed by atoms with Crippen molar-refractivity contribution in [3.05, 3.63) is 0 Å². The molecule has 0 amide bonds. The fourth-order valence-corrected chi connectivity index (χ4v) is 0.207. The Kier molecular flexibility index (Phi) is 5.28. The Morgan fingerprint density at radius 1 is 1.56 bits per heavy atom. The van der Waals surface area contributed by atoms with E-state index in [1.807, 2.05) is 0 Å². The van der Waals surface area contributed by atoms with Crippen molar-refractivity contribution >= 4 is 12.4 Å². The van der Waals surface area contributed by atoms with Gasteiger partial charge in [0, 0.05) is 12.5 Å². The first-order valence-corrected chi connectivity index (χ1v) is 2.56. The van der Waals surface area contributed by atoms with E-state index < -0.39 is 11.8 Å². The van der Waals surface area contributed by atoms with Crippen LogP contribution in [0.25, 0.3) is 0 Å². The first kappa shape index (κ1) is 11.9. The molecule has 0 saturated heterocycles. The number of alkyl halides is 2. The van der Waals surface area contributed by atoms with Gasteiger partial charge in [0.25, 0.3) is 0 Å². The molecule has 0 saturated carbocycles. The summed E-state index contributed by atoms with van der Waals surface area (Å²) in [6, 6.07) is 0. The van der Waals surface area contributed by atoms with E-state index in [-0.39, 0.29) is 19.0 Å². The van der Waals surface area contributed by atoms with Gasteiger partial charge in [0.15, 0.2) is 0 Å². The second-order valence-electron chi connectivity index (χ2n) is 2.09. The molecule has 0 fully saturated rings. The van der Waals surface area contributed by atoms with Crippen LogP contribution in [0.5, 0.6) is 0 Å². The van der Waals surface area contributed by atoms with Crippen molar-refractivity contribution in [3.8, 4) is 0 Å². The lowest BCUT2D eigenvalue weighted by Crippen LogP contribution is -2.28. The van der Waals surface area contributed by atoms with Crippen molar-refractivity contribution in [2.24, 2.45) is 11.7 Å². The van der Waals surface area contributed by atoms with E-state index in [1.54, 1.807) is 0 Å². The highest BCUT2D eigenvalue weighted by atomic mass is 35.5. The quantitative estimate of drug-likeness (QED) is 0.652. The van der Waals surface area contributed by atoms with Crippen LogP contribution in [0.3, 0.4) is 0 Å². The Morgan fingerprint density at radius 3 is 1.89 bits per heavy atom. The topological polar surface area (TPSA) is 26.0 Å². The average molecular weight is 160 g/mol. The Balaban J connectivity index is 0. The zero-order valence-corrected chi connectivity index (χ0v) is 6.34. The largest absolute Gasteiger partial charge is 0.330 e. The third-order valence-corrected chi connectivity index (χ3v) is 1.22. The van der Waals surface area contributed by atoms with Crippen LogP contribution in [-0.4, -0.2) is 12.5 Å². The molecule has 0 radical (unpaired) electrons. The summed E-state index contributed by atoms with van der Waals surface area (Å²) in [6.07, 6.45) is 0. The number of hydrogen-bond acceptors (Lipinski definition) is 1. The van der Waals surface area contributed by atoms with E-state index in [9.17, 15) is 8.78 Å². The van der Waals surface area contributed by atoms with Crippen LogP contribution < -0.4 is 5.73 Å². The molecule has 0 spiro atoms. The molecule has 0 aromatic heterocycles. The van der Waals surface area contributed by atoms with Gasteiger partial charge in [-0.15, -0.1) is 12.4 Å². The van der Waals surface area contributed by atoms with Gasteiger partial charge < -0.3 is 5.73 Å². The minimum absolute atomic E-state index is 0. The van der Waals surface area contributed by atoms with Crippen molar-refractivity contribution < 1.29 is 8.78 Å². The standard InChI is InChI=1S/C5H11F2N.ClH/c1-4(3-8)5(2,6)7;/h4H,3,8H2,1-2H3;1H. The van der Waals surface area contributed by atoms with Crippen molar-refractivity contribution in [1.82, 2.24) is 0 Å². The fourth-order valence-electron chi connectivity index (χ4n) is 0.207. The van der Waals surface area contributed by atoms with Gasteiger partial charge in [0.2, 0.25) is 5.92 Å². The van der Waals surface area contributed by atoms with E-state index in [4.69, 9.17) is 5.73 Å². The molecule has 1 nitrogen and oxygen atoms in total. The van der Waals surface area contributed by atoms with Crippen LogP contribution in [0.2, 0.25) is 0 Å². The van der Waals surface area contributed by atoms with E-state index in [1.165, 1.54) is 6.92 Å². The van der Waals surface area contributed by atoms with Crippen molar-refractivity contribution in [3.63, 3.8) is 0 Å². The van der Waals surface area contributed by atoms with Gasteiger partial charge >= 0.3 is 0 Å². The minimum Gasteiger partial charge on any atom is -0.330 e. The first-order chi connectivity index (χ1) is 3.48. The lowest BCUT2D eigenvalue weighted by Gasteiger charge is -2.16. The maximum atomic E-state index is 12.0. The van der Waals surface area contributed by atoms with Crippen LogP contribution in [0.15, 0.2) is 0 Å². The number of halogens is 3. The third-order valence-electron chi connectivity index (χ3n) is 1.22. The number of hydrogen-bond donors (Lipinski definition) is 1. The molecule has 9 heavy (non-hydrogen) atoms. The van der Waals surface area contributed by atoms with Crippen LogP contribution in [0.4, 0.5) is 8.78 Å². The van der Waals surface area contributed by atoms with Crippen LogP contribution in [0, 0.1) is 5.92 Å². The Bertz CT molecular complexity index is 71.8. The number of rotatable bonds is 2. The third kappa shape index (κ3) is 4.60. The molecule has 0 heterocycles. The van der Waals surface area contributed by atoms with Crippen LogP contribution >= 0.6 is 12.4 Å². The maximum Gasteiger partial charge on any atom is 0.249 e. The maximum absolute atomic E-state index is 12.0. The molecule has 0 aliphatic rings. The van der Waals surface area contributed by atoms with E-state index in [0.717, 1.165) is 6.92 Å². The van der Waals surface area contributed by atoms with Gasteiger partial charge in [-0.1, -0.05) is 6.92 Å². The minimum atomic E-state index is -2.62. The molecule has 0 bridgehead atoms. The molecule has 0 aliphatic carbocycles. The molecule has 0 aliphatic heterocycles. The first-order valence-electron chi connectivity index (χ1n) is 2.56. The van der Waals surface area contributed by atoms with Gasteiger partial charge in [0.1, 0.15) is 0 Å². The van der Waals surface area contributed by atoms with Gasteiger partial charge in [-0.05, 0) is 6.92 Å². The molecule has 4 heteroatoms. The summed E-state index contributed by atoms with van der Waals surface area (Å²) >= 11 is 0. The van der Waals surface area contributed by atoms with Gasteiger partial charge in [0.05, 0.1) is 0 Å². The molecule has 58 valence electrons. The predicted molar refractivity (Wildman–Crippen MR) is 36.1 cm³/mol. The summed E-state index contributed by atoms with van der Waals surface area (Å²) in [5.74, 6) is -3.32. The van der Waals surface area contributed by atoms with Gasteiger partial charge in [-0.25, -0.2) is 8.78 Å². The number of nitrogens with two attached hydrogens (primary N) is 1. The average Bonchev–Trinajstić information content (AvgIpc) is 1.62. The second kappa shape index (κ2) is 4.01. The van der Waals surface area contributed by atoms with Crippen LogP contribution in [-0.2, 0) is 0 Å². The summed E-state index contributed by atoms with van der Waals surface area (Å²) in [5, 5.41) is 0. The molecule has 0 rings (SSSR count). The van der Waals surface area contributed by atoms with Gasteiger partial charge in [-0.3, -0.25) is 0 Å². The predicted octanol–water partition coefficient (Wildman–Crippen LogP) is 1.66. The molecule has 1 atom stereocenters. The zero-order valence-electron chi connectivity index (χ0n) is 5.53. The van der Waals surface area contributed by atoms with Crippen molar-refractivity contribution in [1.29, 1.82) is 0 Å². The molecular weight excluding hydrogens is 148 g/mol. The highest BCUT2D eigenvalue weighted by molar-refractivity contribution is 5.85. The van der Waals surface area contributed by atoms with Gasteiger partial charge in [-0.2, -0.15) is 0 Å². The zero-order chi connectivity index (χ0) is 6.78. The lowest BCUT2D eigenvalue weighted by atomic mass is 10.1. The summed E-state index contributed by atoms with van der Waals surface area (Å²) in [7, 11) is 0. The van der Waals surface area contributed by atoms with E-state index in [2.05, 4.69) is 0 Å². The molecular formula is C5H12ClF2N. The summed E-state index contributed by atoms with van der Waals surface area (Å²) < 4.78 is 24.1. The fraction of sp³-hybridized carbons (Fsp3) is 1.00. The molecule has 2 N–H and O–H groups in total. The van der Waals surface area contributed by atoms with E-state index in [0.29, 0.717) is 0 Å². The Hall–Kier alpha value is 0.110. The molecule has 0 aromatic carbocycles. The molecule has 0 aromatic rings. The lowest BCUT2D eigenvalue weighted by molar-refractivity contribution is -0.0286. The Labute approximate surface area is 60.0 Å². The van der Waals surface area contributed by atoms with E-state index >= 15 is 0 Å². The molecule has 1 unspecified atom stereocenters.